The lowest BCUT2D eigenvalue weighted by Gasteiger charge is -2.49. The number of ether oxygens (including phenoxy) is 1. The lowest BCUT2D eigenvalue weighted by Crippen LogP contribution is -2.62. The fraction of sp³-hybridized carbons (Fsp3) is 0.545. The predicted octanol–water partition coefficient (Wildman–Crippen LogP) is 4.13. The largest absolute Gasteiger partial charge is 0.534 e. The van der Waals surface area contributed by atoms with E-state index in [0.29, 0.717) is 17.1 Å². The first kappa shape index (κ1) is 26.0. The molecular weight excluding hydrogens is 473 g/mol. The van der Waals surface area contributed by atoms with Crippen LogP contribution < -0.4 is 19.1 Å². The van der Waals surface area contributed by atoms with E-state index in [1.165, 1.54) is 19.4 Å². The van der Waals surface area contributed by atoms with Crippen molar-refractivity contribution in [3.05, 3.63) is 30.6 Å². The lowest BCUT2D eigenvalue weighted by atomic mass is 9.79. The first-order chi connectivity index (χ1) is 15.5. The first-order valence-electron chi connectivity index (χ1n) is 10.6. The van der Waals surface area contributed by atoms with Crippen molar-refractivity contribution in [3.8, 4) is 22.8 Å². The maximum absolute atomic E-state index is 12.6. The molecule has 3 rings (SSSR count). The third-order valence-corrected chi connectivity index (χ3v) is 6.63. The smallest absolute Gasteiger partial charge is 0.496 e. The average molecular weight is 503 g/mol. The van der Waals surface area contributed by atoms with Crippen LogP contribution in [0, 0.1) is 0 Å². The van der Waals surface area contributed by atoms with Gasteiger partial charge in [-0.1, -0.05) is 0 Å². The molecule has 0 bridgehead atoms. The van der Waals surface area contributed by atoms with E-state index in [1.807, 2.05) is 7.05 Å². The zero-order valence-electron chi connectivity index (χ0n) is 19.9. The summed E-state index contributed by atoms with van der Waals surface area (Å²) >= 11 is 0. The van der Waals surface area contributed by atoms with Gasteiger partial charge in [-0.2, -0.15) is 21.6 Å². The van der Waals surface area contributed by atoms with Gasteiger partial charge in [0.05, 0.1) is 25.2 Å². The number of hydrogen-bond donors (Lipinski definition) is 1. The quantitative estimate of drug-likeness (QED) is 0.466. The second-order valence-electron chi connectivity index (χ2n) is 9.67. The maximum atomic E-state index is 12.6. The molecule has 2 aromatic rings. The normalized spacial score (nSPS) is 18.4. The van der Waals surface area contributed by atoms with Crippen LogP contribution in [-0.2, 0) is 10.1 Å². The van der Waals surface area contributed by atoms with E-state index in [0.717, 1.165) is 25.0 Å². The summed E-state index contributed by atoms with van der Waals surface area (Å²) in [5.74, 6) is 0.239. The van der Waals surface area contributed by atoms with E-state index in [-0.39, 0.29) is 22.9 Å². The Labute approximate surface area is 197 Å². The number of hydrogen-bond acceptors (Lipinski definition) is 8. The summed E-state index contributed by atoms with van der Waals surface area (Å²) in [4.78, 5) is 11.1. The molecule has 8 nitrogen and oxygen atoms in total. The van der Waals surface area contributed by atoms with Gasteiger partial charge in [0.2, 0.25) is 0 Å². The molecule has 1 fully saturated rings. The SMILES string of the molecule is COc1cc(OS(=O)(=O)C(F)(F)F)ccc1-c1cnc(N(C)C2CC(C)(C)NC(C)(C)C2)cn1. The Bertz CT molecular complexity index is 1120. The van der Waals surface area contributed by atoms with E-state index in [9.17, 15) is 21.6 Å². The number of anilines is 1. The minimum absolute atomic E-state index is 0.0369. The topological polar surface area (TPSA) is 93.7 Å². The van der Waals surface area contributed by atoms with Gasteiger partial charge in [-0.3, -0.25) is 4.98 Å². The molecule has 1 aromatic carbocycles. The summed E-state index contributed by atoms with van der Waals surface area (Å²) in [6.07, 6.45) is 5.00. The van der Waals surface area contributed by atoms with Crippen LogP contribution in [0.15, 0.2) is 30.6 Å². The molecule has 0 unspecified atom stereocenters. The van der Waals surface area contributed by atoms with Gasteiger partial charge in [0.1, 0.15) is 17.3 Å². The monoisotopic (exact) mass is 502 g/mol. The molecule has 1 aliphatic rings. The second-order valence-corrected chi connectivity index (χ2v) is 11.2. The summed E-state index contributed by atoms with van der Waals surface area (Å²) in [6, 6.07) is 3.76. The third kappa shape index (κ3) is 5.72. The first-order valence-corrected chi connectivity index (χ1v) is 12.0. The molecule has 188 valence electrons. The zero-order chi connectivity index (χ0) is 25.5. The molecule has 0 atom stereocenters. The van der Waals surface area contributed by atoms with Crippen LogP contribution in [0.5, 0.6) is 11.5 Å². The molecule has 1 aliphatic heterocycles. The van der Waals surface area contributed by atoms with Crippen molar-refractivity contribution in [3.63, 3.8) is 0 Å². The molecule has 0 amide bonds. The summed E-state index contributed by atoms with van der Waals surface area (Å²) < 4.78 is 69.7. The van der Waals surface area contributed by atoms with Crippen LogP contribution in [0.4, 0.5) is 19.0 Å². The third-order valence-electron chi connectivity index (χ3n) is 5.65. The van der Waals surface area contributed by atoms with Crippen LogP contribution in [-0.4, -0.2) is 55.2 Å². The minimum atomic E-state index is -5.79. The van der Waals surface area contributed by atoms with Gasteiger partial charge in [-0.15, -0.1) is 0 Å². The van der Waals surface area contributed by atoms with Crippen molar-refractivity contribution in [2.75, 3.05) is 19.1 Å². The standard InChI is InChI=1S/C22H29F3N4O4S/c1-20(2)10-14(11-21(3,4)28-20)29(5)19-13-26-17(12-27-19)16-8-7-15(9-18(16)32-6)33-34(30,31)22(23,24)25/h7-9,12-14,28H,10-11H2,1-6H3. The van der Waals surface area contributed by atoms with Crippen molar-refractivity contribution in [1.29, 1.82) is 0 Å². The number of piperidine rings is 1. The lowest BCUT2D eigenvalue weighted by molar-refractivity contribution is -0.0500. The number of rotatable bonds is 6. The Kier molecular flexibility index (Phi) is 6.79. The molecule has 1 aromatic heterocycles. The Morgan fingerprint density at radius 1 is 1.09 bits per heavy atom. The second kappa shape index (κ2) is 8.88. The summed E-state index contributed by atoms with van der Waals surface area (Å²) in [7, 11) is -2.51. The number of benzene rings is 1. The minimum Gasteiger partial charge on any atom is -0.496 e. The van der Waals surface area contributed by atoms with Gasteiger partial charge >= 0.3 is 15.6 Å². The van der Waals surface area contributed by atoms with E-state index < -0.39 is 21.4 Å². The Balaban J connectivity index is 1.83. The van der Waals surface area contributed by atoms with Crippen molar-refractivity contribution < 1.29 is 30.5 Å². The van der Waals surface area contributed by atoms with Gasteiger partial charge in [-0.05, 0) is 52.7 Å². The molecule has 1 saturated heterocycles. The Morgan fingerprint density at radius 2 is 1.71 bits per heavy atom. The number of nitrogens with zero attached hydrogens (tertiary/aromatic N) is 3. The average Bonchev–Trinajstić information content (AvgIpc) is 2.70. The van der Waals surface area contributed by atoms with Gasteiger partial charge in [-0.25, -0.2) is 4.98 Å². The highest BCUT2D eigenvalue weighted by atomic mass is 32.2. The molecule has 34 heavy (non-hydrogen) atoms. The Hall–Kier alpha value is -2.60. The molecule has 12 heteroatoms. The van der Waals surface area contributed by atoms with Crippen LogP contribution in [0.1, 0.15) is 40.5 Å². The Morgan fingerprint density at radius 3 is 2.21 bits per heavy atom. The van der Waals surface area contributed by atoms with Crippen molar-refractivity contribution in [1.82, 2.24) is 15.3 Å². The number of aromatic nitrogens is 2. The van der Waals surface area contributed by atoms with Crippen LogP contribution in [0.25, 0.3) is 11.3 Å². The molecular formula is C22H29F3N4O4S. The summed E-state index contributed by atoms with van der Waals surface area (Å²) in [5.41, 5.74) is -4.78. The van der Waals surface area contributed by atoms with Crippen LogP contribution in [0.2, 0.25) is 0 Å². The fourth-order valence-electron chi connectivity index (χ4n) is 4.48. The summed E-state index contributed by atoms with van der Waals surface area (Å²) in [5, 5.41) is 3.65. The molecule has 1 N–H and O–H groups in total. The van der Waals surface area contributed by atoms with Crippen molar-refractivity contribution in [2.45, 2.75) is 63.2 Å². The summed E-state index contributed by atoms with van der Waals surface area (Å²) in [6.45, 7) is 8.68. The molecule has 0 saturated carbocycles. The van der Waals surface area contributed by atoms with Gasteiger partial charge in [0.25, 0.3) is 0 Å². The van der Waals surface area contributed by atoms with Crippen molar-refractivity contribution >= 4 is 15.9 Å². The predicted molar refractivity (Wildman–Crippen MR) is 122 cm³/mol. The molecule has 0 radical (unpaired) electrons. The van der Waals surface area contributed by atoms with Gasteiger partial charge in [0, 0.05) is 35.8 Å². The highest BCUT2D eigenvalue weighted by Crippen LogP contribution is 2.36. The van der Waals surface area contributed by atoms with E-state index >= 15 is 0 Å². The van der Waals surface area contributed by atoms with Gasteiger partial charge < -0.3 is 19.1 Å². The van der Waals surface area contributed by atoms with Crippen molar-refractivity contribution in [2.24, 2.45) is 0 Å². The van der Waals surface area contributed by atoms with Gasteiger partial charge in [0.15, 0.2) is 0 Å². The number of nitrogens with one attached hydrogen (secondary N) is 1. The highest BCUT2D eigenvalue weighted by molar-refractivity contribution is 7.88. The zero-order valence-corrected chi connectivity index (χ0v) is 20.7. The van der Waals surface area contributed by atoms with Crippen LogP contribution in [0.3, 0.4) is 0 Å². The van der Waals surface area contributed by atoms with E-state index in [4.69, 9.17) is 4.74 Å². The molecule has 2 heterocycles. The van der Waals surface area contributed by atoms with E-state index in [2.05, 4.69) is 52.1 Å². The maximum Gasteiger partial charge on any atom is 0.534 e. The number of alkyl halides is 3. The fourth-order valence-corrected chi connectivity index (χ4v) is 4.93. The van der Waals surface area contributed by atoms with E-state index in [1.54, 1.807) is 6.20 Å². The van der Waals surface area contributed by atoms with Crippen LogP contribution >= 0.6 is 0 Å². The highest BCUT2D eigenvalue weighted by Gasteiger charge is 2.48. The molecule has 0 spiro atoms. The molecule has 0 aliphatic carbocycles. The number of halogens is 3. The number of methoxy groups -OCH3 is 1.